The molecule has 0 heterocycles. The van der Waals surface area contributed by atoms with Gasteiger partial charge in [-0.05, 0) is 0 Å². The Bertz CT molecular complexity index is 337. The normalized spacial score (nSPS) is 21.7. The van der Waals surface area contributed by atoms with Crippen LogP contribution in [0.25, 0.3) is 0 Å². The highest BCUT2D eigenvalue weighted by Gasteiger charge is 2.22. The zero-order chi connectivity index (χ0) is 10.7. The van der Waals surface area contributed by atoms with Gasteiger partial charge in [-0.25, -0.2) is 0 Å². The second kappa shape index (κ2) is 4.41. The predicted octanol–water partition coefficient (Wildman–Crippen LogP) is 1.79. The van der Waals surface area contributed by atoms with Crippen LogP contribution < -0.4 is 0 Å². The fourth-order valence-corrected chi connectivity index (χ4v) is 1.83. The van der Waals surface area contributed by atoms with E-state index in [4.69, 9.17) is 0 Å². The number of ketones is 1. The lowest BCUT2D eigenvalue weighted by Crippen LogP contribution is -2.23. The Balaban J connectivity index is 1.88. The molecule has 2 aliphatic rings. The van der Waals surface area contributed by atoms with Gasteiger partial charge in [0.1, 0.15) is 5.78 Å². The van der Waals surface area contributed by atoms with Gasteiger partial charge in [-0.15, -0.1) is 0 Å². The van der Waals surface area contributed by atoms with Gasteiger partial charge in [0, 0.05) is 12.3 Å². The average molecular weight is 202 g/mol. The Morgan fingerprint density at radius 3 is 2.20 bits per heavy atom. The van der Waals surface area contributed by atoms with Crippen LogP contribution in [0.1, 0.15) is 6.42 Å². The Morgan fingerprint density at radius 1 is 1.07 bits per heavy atom. The second-order valence-corrected chi connectivity index (χ2v) is 3.88. The summed E-state index contributed by atoms with van der Waals surface area (Å²) >= 11 is 0. The van der Waals surface area contributed by atoms with Crippen molar-refractivity contribution in [1.82, 2.24) is 0 Å². The molecule has 78 valence electrons. The molecule has 0 radical (unpaired) electrons. The third kappa shape index (κ3) is 2.34. The van der Waals surface area contributed by atoms with Crippen LogP contribution in [0.4, 0.5) is 0 Å². The number of carbonyl (C=O) groups is 1. The maximum atomic E-state index is 11.7. The monoisotopic (exact) mass is 202 g/mol. The molecule has 2 aliphatic carbocycles. The molecule has 0 saturated heterocycles. The molecule has 0 aromatic heterocycles. The third-order valence-corrected chi connectivity index (χ3v) is 2.75. The summed E-state index contributed by atoms with van der Waals surface area (Å²) in [4.78, 5) is 11.7. The molecule has 0 amide bonds. The number of allylic oxidation sites excluding steroid dienone is 6. The highest BCUT2D eigenvalue weighted by Crippen LogP contribution is 2.20. The van der Waals surface area contributed by atoms with Gasteiger partial charge in [0.2, 0.25) is 0 Å². The summed E-state index contributed by atoms with van der Waals surface area (Å²) in [5.74, 6) is -0.0430. The smallest absolute Gasteiger partial charge is 0.146 e. The molecule has 15 heavy (non-hydrogen) atoms. The van der Waals surface area contributed by atoms with Crippen molar-refractivity contribution in [2.45, 2.75) is 12.5 Å². The number of hydrogen-bond acceptors (Lipinski definition) is 2. The first-order valence-electron chi connectivity index (χ1n) is 5.18. The Kier molecular flexibility index (Phi) is 2.97. The molecule has 0 fully saturated rings. The van der Waals surface area contributed by atoms with Gasteiger partial charge in [0.15, 0.2) is 0 Å². The second-order valence-electron chi connectivity index (χ2n) is 3.88. The number of aliphatic hydroxyl groups is 1. The van der Waals surface area contributed by atoms with Gasteiger partial charge < -0.3 is 5.11 Å². The Morgan fingerprint density at radius 2 is 1.60 bits per heavy atom. The first-order valence-corrected chi connectivity index (χ1v) is 5.18. The van der Waals surface area contributed by atoms with Crippen LogP contribution >= 0.6 is 0 Å². The highest BCUT2D eigenvalue weighted by atomic mass is 16.3. The average Bonchev–Trinajstić information content (AvgIpc) is 2.91. The van der Waals surface area contributed by atoms with Crippen LogP contribution in [0.3, 0.4) is 0 Å². The molecule has 0 saturated carbocycles. The number of aliphatic hydroxyl groups excluding tert-OH is 1. The summed E-state index contributed by atoms with van der Waals surface area (Å²) in [5.41, 5.74) is 0. The fourth-order valence-electron chi connectivity index (χ4n) is 1.83. The molecular formula is C13H14O2. The van der Waals surface area contributed by atoms with Crippen molar-refractivity contribution >= 4 is 5.78 Å². The first kappa shape index (κ1) is 10.1. The van der Waals surface area contributed by atoms with E-state index >= 15 is 0 Å². The lowest BCUT2D eigenvalue weighted by atomic mass is 9.94. The number of rotatable bonds is 4. The summed E-state index contributed by atoms with van der Waals surface area (Å²) in [6, 6.07) is 0. The quantitative estimate of drug-likeness (QED) is 0.754. The summed E-state index contributed by atoms with van der Waals surface area (Å²) in [7, 11) is 0. The summed E-state index contributed by atoms with van der Waals surface area (Å²) in [5, 5.41) is 9.81. The van der Waals surface area contributed by atoms with Gasteiger partial charge in [-0.1, -0.05) is 48.6 Å². The van der Waals surface area contributed by atoms with E-state index in [1.807, 2.05) is 48.6 Å². The van der Waals surface area contributed by atoms with Crippen LogP contribution in [-0.2, 0) is 4.79 Å². The van der Waals surface area contributed by atoms with Crippen molar-refractivity contribution in [1.29, 1.82) is 0 Å². The minimum absolute atomic E-state index is 0.00307. The van der Waals surface area contributed by atoms with Crippen molar-refractivity contribution in [3.63, 3.8) is 0 Å². The molecule has 0 aromatic carbocycles. The molecule has 2 rings (SSSR count). The Labute approximate surface area is 89.3 Å². The maximum absolute atomic E-state index is 11.7. The van der Waals surface area contributed by atoms with Gasteiger partial charge in [0.05, 0.1) is 12.0 Å². The van der Waals surface area contributed by atoms with E-state index in [-0.39, 0.29) is 24.0 Å². The lowest BCUT2D eigenvalue weighted by Gasteiger charge is -2.15. The standard InChI is InChI=1S/C13H14O2/c14-12(10-5-1-2-6-10)9-13(15)11-7-3-4-8-11/h1-8,10-12,14H,9H2. The SMILES string of the molecule is O=C(CC(O)C1C=CC=C1)C1C=CC=C1. The fraction of sp³-hybridized carbons (Fsp3) is 0.308. The van der Waals surface area contributed by atoms with Crippen molar-refractivity contribution in [3.05, 3.63) is 48.6 Å². The summed E-state index contributed by atoms with van der Waals surface area (Å²) in [6.45, 7) is 0. The summed E-state index contributed by atoms with van der Waals surface area (Å²) in [6.07, 6.45) is 14.7. The lowest BCUT2D eigenvalue weighted by molar-refractivity contribution is -0.122. The third-order valence-electron chi connectivity index (χ3n) is 2.75. The molecule has 2 heteroatoms. The van der Waals surface area contributed by atoms with E-state index in [1.54, 1.807) is 0 Å². The molecule has 1 atom stereocenters. The highest BCUT2D eigenvalue weighted by molar-refractivity contribution is 5.85. The van der Waals surface area contributed by atoms with Gasteiger partial charge in [0.25, 0.3) is 0 Å². The van der Waals surface area contributed by atoms with Crippen molar-refractivity contribution in [2.75, 3.05) is 0 Å². The van der Waals surface area contributed by atoms with E-state index < -0.39 is 6.10 Å². The van der Waals surface area contributed by atoms with E-state index in [1.165, 1.54) is 0 Å². The molecule has 1 unspecified atom stereocenters. The predicted molar refractivity (Wildman–Crippen MR) is 59.2 cm³/mol. The first-order chi connectivity index (χ1) is 7.27. The number of Topliss-reactive ketones (excluding diaryl/α,β-unsaturated/α-hetero) is 1. The summed E-state index contributed by atoms with van der Waals surface area (Å²) < 4.78 is 0. The maximum Gasteiger partial charge on any atom is 0.146 e. The van der Waals surface area contributed by atoms with E-state index in [0.717, 1.165) is 0 Å². The zero-order valence-corrected chi connectivity index (χ0v) is 8.41. The van der Waals surface area contributed by atoms with E-state index in [9.17, 15) is 9.90 Å². The largest absolute Gasteiger partial charge is 0.392 e. The van der Waals surface area contributed by atoms with Crippen molar-refractivity contribution in [3.8, 4) is 0 Å². The minimum Gasteiger partial charge on any atom is -0.392 e. The van der Waals surface area contributed by atoms with Crippen molar-refractivity contribution in [2.24, 2.45) is 11.8 Å². The van der Waals surface area contributed by atoms with Crippen molar-refractivity contribution < 1.29 is 9.90 Å². The number of carbonyl (C=O) groups excluding carboxylic acids is 1. The zero-order valence-electron chi connectivity index (χ0n) is 8.41. The van der Waals surface area contributed by atoms with E-state index in [2.05, 4.69) is 0 Å². The molecular weight excluding hydrogens is 188 g/mol. The van der Waals surface area contributed by atoms with Crippen LogP contribution in [0, 0.1) is 11.8 Å². The molecule has 2 nitrogen and oxygen atoms in total. The molecule has 1 N–H and O–H groups in total. The molecule has 0 aliphatic heterocycles. The van der Waals surface area contributed by atoms with Crippen LogP contribution in [0.5, 0.6) is 0 Å². The minimum atomic E-state index is -0.588. The molecule has 0 aromatic rings. The van der Waals surface area contributed by atoms with Crippen LogP contribution in [0.15, 0.2) is 48.6 Å². The van der Waals surface area contributed by atoms with Crippen LogP contribution in [-0.4, -0.2) is 17.0 Å². The van der Waals surface area contributed by atoms with Gasteiger partial charge >= 0.3 is 0 Å². The molecule has 0 bridgehead atoms. The van der Waals surface area contributed by atoms with Gasteiger partial charge in [-0.3, -0.25) is 4.79 Å². The molecule has 0 spiro atoms. The van der Waals surface area contributed by atoms with Crippen LogP contribution in [0.2, 0.25) is 0 Å². The Hall–Kier alpha value is -1.41. The van der Waals surface area contributed by atoms with Gasteiger partial charge in [-0.2, -0.15) is 0 Å². The topological polar surface area (TPSA) is 37.3 Å². The van der Waals surface area contributed by atoms with E-state index in [0.29, 0.717) is 0 Å². The number of hydrogen-bond donors (Lipinski definition) is 1.